The van der Waals surface area contributed by atoms with Crippen molar-refractivity contribution in [2.45, 2.75) is 36.9 Å². The van der Waals surface area contributed by atoms with Crippen LogP contribution in [0.25, 0.3) is 0 Å². The van der Waals surface area contributed by atoms with Gasteiger partial charge in [0.2, 0.25) is 0 Å². The number of nitrogens with zero attached hydrogens (tertiary/aromatic N) is 2. The maximum absolute atomic E-state index is 11.6. The van der Waals surface area contributed by atoms with Crippen LogP contribution in [0.3, 0.4) is 0 Å². The summed E-state index contributed by atoms with van der Waals surface area (Å²) in [6.45, 7) is 5.35. The third-order valence-corrected chi connectivity index (χ3v) is 7.02. The quantitative estimate of drug-likeness (QED) is 0.794. The molecule has 0 unspecified atom stereocenters. The van der Waals surface area contributed by atoms with Gasteiger partial charge in [-0.3, -0.25) is 9.80 Å². The van der Waals surface area contributed by atoms with Crippen molar-refractivity contribution in [1.82, 2.24) is 9.80 Å². The molecule has 5 rings (SSSR count). The Kier molecular flexibility index (Phi) is 5.35. The zero-order valence-corrected chi connectivity index (χ0v) is 16.7. The van der Waals surface area contributed by atoms with Gasteiger partial charge in [-0.1, -0.05) is 42.5 Å². The lowest BCUT2D eigenvalue weighted by atomic mass is 9.94. The SMILES string of the molecule is CS(=O)(=O)c1ccc(CN2C[C@H]3CC[C@@H](C2)N(Cc2ccccc2)C3)cc1. The molecule has 0 aliphatic carbocycles. The number of piperidine rings is 1. The minimum Gasteiger partial charge on any atom is -0.297 e. The summed E-state index contributed by atoms with van der Waals surface area (Å²) in [6, 6.07) is 18.8. The summed E-state index contributed by atoms with van der Waals surface area (Å²) in [5.74, 6) is 0.725. The van der Waals surface area contributed by atoms with E-state index < -0.39 is 9.84 Å². The van der Waals surface area contributed by atoms with Crippen molar-refractivity contribution in [3.63, 3.8) is 0 Å². The van der Waals surface area contributed by atoms with Crippen LogP contribution in [0.5, 0.6) is 0 Å². The highest BCUT2D eigenvalue weighted by molar-refractivity contribution is 7.90. The lowest BCUT2D eigenvalue weighted by molar-refractivity contribution is 0.123. The second kappa shape index (κ2) is 7.74. The number of hydrogen-bond donors (Lipinski definition) is 0. The Labute approximate surface area is 162 Å². The van der Waals surface area contributed by atoms with Crippen LogP contribution in [0.2, 0.25) is 0 Å². The Morgan fingerprint density at radius 1 is 0.852 bits per heavy atom. The van der Waals surface area contributed by atoms with Gasteiger partial charge in [-0.2, -0.15) is 0 Å². The normalized spacial score (nSPS) is 24.0. The van der Waals surface area contributed by atoms with E-state index in [2.05, 4.69) is 40.1 Å². The first-order valence-corrected chi connectivity index (χ1v) is 11.7. The molecular formula is C22H28N2O2S. The molecule has 3 fully saturated rings. The third-order valence-electron chi connectivity index (χ3n) is 5.89. The number of hydrogen-bond acceptors (Lipinski definition) is 4. The topological polar surface area (TPSA) is 40.6 Å². The van der Waals surface area contributed by atoms with Crippen LogP contribution in [0.4, 0.5) is 0 Å². The number of sulfone groups is 1. The van der Waals surface area contributed by atoms with Crippen LogP contribution in [0.15, 0.2) is 59.5 Å². The maximum atomic E-state index is 11.6. The molecule has 0 amide bonds. The van der Waals surface area contributed by atoms with Crippen LogP contribution in [0.1, 0.15) is 24.0 Å². The molecule has 3 heterocycles. The van der Waals surface area contributed by atoms with Gasteiger partial charge >= 0.3 is 0 Å². The highest BCUT2D eigenvalue weighted by Gasteiger charge is 2.34. The lowest BCUT2D eigenvalue weighted by Gasteiger charge is -2.36. The molecule has 0 radical (unpaired) electrons. The predicted molar refractivity (Wildman–Crippen MR) is 108 cm³/mol. The van der Waals surface area contributed by atoms with Crippen molar-refractivity contribution >= 4 is 9.84 Å². The monoisotopic (exact) mass is 384 g/mol. The molecule has 2 aromatic rings. The molecule has 0 spiro atoms. The average Bonchev–Trinajstić information content (AvgIpc) is 2.93. The molecule has 0 saturated carbocycles. The van der Waals surface area contributed by atoms with Gasteiger partial charge in [0.25, 0.3) is 0 Å². The van der Waals surface area contributed by atoms with Gasteiger partial charge in [-0.25, -0.2) is 8.42 Å². The van der Waals surface area contributed by atoms with E-state index in [-0.39, 0.29) is 0 Å². The molecule has 3 saturated heterocycles. The van der Waals surface area contributed by atoms with Crippen molar-refractivity contribution in [1.29, 1.82) is 0 Å². The number of benzene rings is 2. The van der Waals surface area contributed by atoms with Crippen LogP contribution in [0, 0.1) is 5.92 Å². The van der Waals surface area contributed by atoms with Crippen LogP contribution >= 0.6 is 0 Å². The van der Waals surface area contributed by atoms with E-state index in [4.69, 9.17) is 0 Å². The molecule has 5 heteroatoms. The number of fused-ring (bicyclic) bond motifs is 4. The van der Waals surface area contributed by atoms with Crippen LogP contribution in [-0.2, 0) is 22.9 Å². The fraction of sp³-hybridized carbons (Fsp3) is 0.455. The summed E-state index contributed by atoms with van der Waals surface area (Å²) in [5.41, 5.74) is 2.59. The zero-order valence-electron chi connectivity index (χ0n) is 15.9. The first-order chi connectivity index (χ1) is 13.0. The van der Waals surface area contributed by atoms with Crippen molar-refractivity contribution in [3.05, 3.63) is 65.7 Å². The largest absolute Gasteiger partial charge is 0.297 e. The van der Waals surface area contributed by atoms with Gasteiger partial charge in [-0.05, 0) is 42.0 Å². The second-order valence-electron chi connectivity index (χ2n) is 8.12. The van der Waals surface area contributed by atoms with Crippen molar-refractivity contribution in [3.8, 4) is 0 Å². The number of rotatable bonds is 5. The van der Waals surface area contributed by atoms with E-state index in [1.807, 2.05) is 12.1 Å². The molecule has 2 aromatic carbocycles. The van der Waals surface area contributed by atoms with Crippen molar-refractivity contribution in [2.24, 2.45) is 5.92 Å². The van der Waals surface area contributed by atoms with Crippen LogP contribution < -0.4 is 0 Å². The summed E-state index contributed by atoms with van der Waals surface area (Å²) < 4.78 is 23.3. The molecule has 0 N–H and O–H groups in total. The minimum atomic E-state index is -3.12. The van der Waals surface area contributed by atoms with Gasteiger partial charge in [-0.15, -0.1) is 0 Å². The first kappa shape index (κ1) is 18.7. The molecule has 4 nitrogen and oxygen atoms in total. The fourth-order valence-corrected chi connectivity index (χ4v) is 5.15. The van der Waals surface area contributed by atoms with E-state index in [1.54, 1.807) is 12.1 Å². The molecule has 27 heavy (non-hydrogen) atoms. The Morgan fingerprint density at radius 2 is 1.56 bits per heavy atom. The lowest BCUT2D eigenvalue weighted by Crippen LogP contribution is -2.43. The summed E-state index contributed by atoms with van der Waals surface area (Å²) in [7, 11) is -3.12. The predicted octanol–water partition coefficient (Wildman–Crippen LogP) is 3.19. The second-order valence-corrected chi connectivity index (χ2v) is 10.1. The van der Waals surface area contributed by atoms with Crippen molar-refractivity contribution in [2.75, 3.05) is 25.9 Å². The minimum absolute atomic E-state index is 0.399. The first-order valence-electron chi connectivity index (χ1n) is 9.77. The average molecular weight is 385 g/mol. The smallest absolute Gasteiger partial charge is 0.175 e. The van der Waals surface area contributed by atoms with Crippen molar-refractivity contribution < 1.29 is 8.42 Å². The fourth-order valence-electron chi connectivity index (χ4n) is 4.52. The summed E-state index contributed by atoms with van der Waals surface area (Å²) in [6.07, 6.45) is 3.86. The van der Waals surface area contributed by atoms with E-state index in [1.165, 1.54) is 36.8 Å². The van der Waals surface area contributed by atoms with Gasteiger partial charge in [0.1, 0.15) is 0 Å². The Bertz CT molecular complexity index is 865. The van der Waals surface area contributed by atoms with E-state index in [0.29, 0.717) is 10.9 Å². The molecule has 2 atom stereocenters. The van der Waals surface area contributed by atoms with Crippen LogP contribution in [-0.4, -0.2) is 50.1 Å². The highest BCUT2D eigenvalue weighted by atomic mass is 32.2. The van der Waals surface area contributed by atoms with Gasteiger partial charge < -0.3 is 0 Å². The van der Waals surface area contributed by atoms with Gasteiger partial charge in [0.05, 0.1) is 4.90 Å². The van der Waals surface area contributed by atoms with E-state index >= 15 is 0 Å². The Hall–Kier alpha value is -1.69. The summed E-state index contributed by atoms with van der Waals surface area (Å²) in [5, 5.41) is 0. The van der Waals surface area contributed by atoms with E-state index in [0.717, 1.165) is 32.1 Å². The van der Waals surface area contributed by atoms with E-state index in [9.17, 15) is 8.42 Å². The summed E-state index contributed by atoms with van der Waals surface area (Å²) >= 11 is 0. The Morgan fingerprint density at radius 3 is 2.26 bits per heavy atom. The molecule has 3 aliphatic heterocycles. The highest BCUT2D eigenvalue weighted by Crippen LogP contribution is 2.30. The zero-order chi connectivity index (χ0) is 18.9. The molecule has 3 aliphatic rings. The third kappa shape index (κ3) is 4.60. The molecule has 144 valence electrons. The maximum Gasteiger partial charge on any atom is 0.175 e. The van der Waals surface area contributed by atoms with Gasteiger partial charge in [0.15, 0.2) is 9.84 Å². The molecule has 2 bridgehead atoms. The summed E-state index contributed by atoms with van der Waals surface area (Å²) in [4.78, 5) is 5.62. The van der Waals surface area contributed by atoms with Gasteiger partial charge in [0, 0.05) is 45.0 Å². The standard InChI is InChI=1S/C22H28N2O2S/c1-27(25,26)22-11-8-19(9-12-22)13-23-14-20-7-10-21(17-23)24(16-20)15-18-5-3-2-4-6-18/h2-6,8-9,11-12,20-21H,7,10,13-17H2,1H3/t20-,21+/m1/s1. The molecule has 0 aromatic heterocycles. The molecular weight excluding hydrogens is 356 g/mol. The Balaban J connectivity index is 1.42.